The van der Waals surface area contributed by atoms with Gasteiger partial charge in [0.25, 0.3) is 5.91 Å². The maximum atomic E-state index is 15.1. The number of carbonyl (C=O) groups is 4. The van der Waals surface area contributed by atoms with Crippen LogP contribution in [0.2, 0.25) is 0 Å². The average molecular weight is 1030 g/mol. The summed E-state index contributed by atoms with van der Waals surface area (Å²) in [5.41, 5.74) is 0.184. The SMILES string of the molecule is Cc1c(F)cc(C(=O)N(C)C)cc1-c1nc(NCCN(C)C)nc2c1CNC(=O)N2c1c(F)cccc1F.Cc1c(F)cc(C(=O)O)cc1-c1nc(NCCN(C)C)nc2c1CNC(=O)N2c1c(F)cccc1F. The topological polar surface area (TPSA) is 204 Å². The van der Waals surface area contributed by atoms with E-state index in [1.807, 2.05) is 38.0 Å². The van der Waals surface area contributed by atoms with Gasteiger partial charge in [0.15, 0.2) is 11.6 Å². The molecule has 0 fully saturated rings. The number of aromatic nitrogens is 4. The minimum Gasteiger partial charge on any atom is -0.478 e. The van der Waals surface area contributed by atoms with Gasteiger partial charge in [-0.05, 0) is 102 Å². The van der Waals surface area contributed by atoms with Crippen LogP contribution in [0.5, 0.6) is 0 Å². The first-order valence-electron chi connectivity index (χ1n) is 22.8. The molecule has 2 aliphatic rings. The number of carboxylic acids is 1. The van der Waals surface area contributed by atoms with Crippen molar-refractivity contribution >= 4 is 58.8 Å². The predicted molar refractivity (Wildman–Crippen MR) is 265 cm³/mol. The van der Waals surface area contributed by atoms with E-state index in [0.29, 0.717) is 31.7 Å². The van der Waals surface area contributed by atoms with E-state index in [9.17, 15) is 46.2 Å². The normalized spacial score (nSPS) is 12.9. The lowest BCUT2D eigenvalue weighted by atomic mass is 9.97. The summed E-state index contributed by atoms with van der Waals surface area (Å²) >= 11 is 0. The number of nitrogens with one attached hydrogen (secondary N) is 4. The maximum absolute atomic E-state index is 15.1. The largest absolute Gasteiger partial charge is 0.478 e. The van der Waals surface area contributed by atoms with Gasteiger partial charge in [0.2, 0.25) is 11.9 Å². The summed E-state index contributed by atoms with van der Waals surface area (Å²) in [5, 5.41) is 20.7. The minimum absolute atomic E-state index is 0.0163. The molecule has 0 bridgehead atoms. The molecular formula is C50H51F6N13O5. The van der Waals surface area contributed by atoms with Gasteiger partial charge in [-0.2, -0.15) is 9.97 Å². The Bertz CT molecular complexity index is 3160. The number of hydrogen-bond donors (Lipinski definition) is 5. The number of aromatic carboxylic acids is 1. The number of fused-ring (bicyclic) bond motifs is 2. The molecule has 0 saturated heterocycles. The molecule has 0 atom stereocenters. The van der Waals surface area contributed by atoms with Crippen LogP contribution < -0.4 is 31.1 Å². The number of para-hydroxylation sites is 2. The molecular weight excluding hydrogens is 977 g/mol. The van der Waals surface area contributed by atoms with Gasteiger partial charge in [-0.15, -0.1) is 0 Å². The third kappa shape index (κ3) is 11.1. The number of amides is 5. The second kappa shape index (κ2) is 22.2. The van der Waals surface area contributed by atoms with Crippen LogP contribution in [0.1, 0.15) is 43.0 Å². The van der Waals surface area contributed by atoms with Crippen LogP contribution in [-0.2, 0) is 13.1 Å². The summed E-state index contributed by atoms with van der Waals surface area (Å²) in [7, 11) is 10.6. The van der Waals surface area contributed by atoms with Gasteiger partial charge in [-0.3, -0.25) is 4.79 Å². The first kappa shape index (κ1) is 53.4. The number of nitrogens with zero attached hydrogens (tertiary/aromatic N) is 9. The van der Waals surface area contributed by atoms with Gasteiger partial charge in [0, 0.05) is 68.1 Å². The summed E-state index contributed by atoms with van der Waals surface area (Å²) in [6, 6.07) is 9.65. The highest BCUT2D eigenvalue weighted by Gasteiger charge is 2.36. The minimum atomic E-state index is -1.34. The smallest absolute Gasteiger partial charge is 0.335 e. The van der Waals surface area contributed by atoms with Crippen LogP contribution in [0.3, 0.4) is 0 Å². The van der Waals surface area contributed by atoms with Crippen molar-refractivity contribution in [3.8, 4) is 22.5 Å². The molecule has 18 nitrogen and oxygen atoms in total. The van der Waals surface area contributed by atoms with Gasteiger partial charge in [0.1, 0.15) is 46.3 Å². The number of carboxylic acid groups (broad SMARTS) is 1. The van der Waals surface area contributed by atoms with Crippen molar-refractivity contribution in [2.24, 2.45) is 0 Å². The Labute approximate surface area is 421 Å². The summed E-state index contributed by atoms with van der Waals surface area (Å²) in [4.78, 5) is 74.7. The number of likely N-dealkylation sites (N-methyl/N-ethyl adjacent to an activating group) is 2. The Morgan fingerprint density at radius 3 is 1.34 bits per heavy atom. The highest BCUT2D eigenvalue weighted by molar-refractivity contribution is 6.04. The van der Waals surface area contributed by atoms with Crippen molar-refractivity contribution in [1.82, 2.24) is 45.3 Å². The summed E-state index contributed by atoms with van der Waals surface area (Å²) in [6.07, 6.45) is 0. The van der Waals surface area contributed by atoms with Crippen molar-refractivity contribution in [3.63, 3.8) is 0 Å². The zero-order valence-electron chi connectivity index (χ0n) is 41.4. The van der Waals surface area contributed by atoms with Crippen molar-refractivity contribution in [1.29, 1.82) is 0 Å². The second-order valence-corrected chi connectivity index (χ2v) is 17.8. The Kier molecular flexibility index (Phi) is 16.0. The molecule has 4 heterocycles. The quantitative estimate of drug-likeness (QED) is 0.0662. The summed E-state index contributed by atoms with van der Waals surface area (Å²) < 4.78 is 88.9. The first-order chi connectivity index (χ1) is 35.1. The molecule has 8 rings (SSSR count). The fourth-order valence-corrected chi connectivity index (χ4v) is 7.88. The van der Waals surface area contributed by atoms with E-state index in [0.717, 1.165) is 46.2 Å². The van der Waals surface area contributed by atoms with Gasteiger partial charge in [-0.25, -0.2) is 60.5 Å². The molecule has 0 aliphatic carbocycles. The highest BCUT2D eigenvalue weighted by Crippen LogP contribution is 2.42. The zero-order chi connectivity index (χ0) is 53.9. The lowest BCUT2D eigenvalue weighted by molar-refractivity contribution is 0.0695. The second-order valence-electron chi connectivity index (χ2n) is 17.8. The molecule has 388 valence electrons. The Balaban J connectivity index is 0.000000217. The van der Waals surface area contributed by atoms with Gasteiger partial charge < -0.3 is 41.1 Å². The van der Waals surface area contributed by atoms with E-state index in [2.05, 4.69) is 41.2 Å². The molecule has 2 aliphatic heterocycles. The molecule has 0 radical (unpaired) electrons. The number of urea groups is 2. The summed E-state index contributed by atoms with van der Waals surface area (Å²) in [6.45, 7) is 4.78. The number of rotatable bonds is 14. The van der Waals surface area contributed by atoms with Crippen molar-refractivity contribution in [2.45, 2.75) is 26.9 Å². The molecule has 0 unspecified atom stereocenters. The molecule has 0 spiro atoms. The van der Waals surface area contributed by atoms with Crippen LogP contribution >= 0.6 is 0 Å². The first-order valence-corrected chi connectivity index (χ1v) is 22.8. The number of carbonyl (C=O) groups excluding carboxylic acids is 3. The average Bonchev–Trinajstić information content (AvgIpc) is 3.33. The lowest BCUT2D eigenvalue weighted by Gasteiger charge is -2.31. The molecule has 5 N–H and O–H groups in total. The molecule has 5 amide bonds. The van der Waals surface area contributed by atoms with Crippen LogP contribution in [0, 0.1) is 48.8 Å². The molecule has 0 saturated carbocycles. The van der Waals surface area contributed by atoms with Gasteiger partial charge in [-0.1, -0.05) is 12.1 Å². The van der Waals surface area contributed by atoms with Crippen LogP contribution in [0.25, 0.3) is 22.5 Å². The Morgan fingerprint density at radius 1 is 0.595 bits per heavy atom. The van der Waals surface area contributed by atoms with Crippen LogP contribution in [-0.4, -0.2) is 132 Å². The lowest BCUT2D eigenvalue weighted by Crippen LogP contribution is -2.43. The standard InChI is InChI=1S/C26H28F3N7O2.C24H23F3N6O3/c1-14-16(11-15(12-20(14)29)24(37)35(4)5)21-17-13-31-26(38)36(22-18(27)7-6-8-19(22)28)23(17)33-25(32-21)30-9-10-34(2)3;1-12-14(9-13(22(34)35)10-18(12)27)19-15-11-29-24(36)33(20-16(25)5-4-6-17(20)26)21(15)31-23(30-19)28-7-8-32(2)3/h6-8,11-12H,9-10,13H2,1-5H3,(H,31,38)(H,30,32,33);4-6,9-10H,7-8,11H2,1-3H3,(H,29,36)(H,34,35)(H,28,30,31). The number of benzene rings is 4. The molecule has 6 aromatic rings. The fourth-order valence-electron chi connectivity index (χ4n) is 7.88. The van der Waals surface area contributed by atoms with Gasteiger partial charge >= 0.3 is 18.0 Å². The maximum Gasteiger partial charge on any atom is 0.335 e. The van der Waals surface area contributed by atoms with Crippen molar-refractivity contribution < 1.29 is 50.6 Å². The van der Waals surface area contributed by atoms with Crippen LogP contribution in [0.15, 0.2) is 60.7 Å². The van der Waals surface area contributed by atoms with E-state index in [1.165, 1.54) is 43.0 Å². The molecule has 74 heavy (non-hydrogen) atoms. The van der Waals surface area contributed by atoms with E-state index < -0.39 is 70.2 Å². The zero-order valence-corrected chi connectivity index (χ0v) is 41.4. The Hall–Kier alpha value is -8.38. The Morgan fingerprint density at radius 2 is 0.973 bits per heavy atom. The molecule has 4 aromatic carbocycles. The van der Waals surface area contributed by atoms with E-state index in [-0.39, 0.29) is 87.0 Å². The van der Waals surface area contributed by atoms with Crippen LogP contribution in [0.4, 0.5) is 70.8 Å². The number of halogens is 6. The number of hydrogen-bond acceptors (Lipinski definition) is 12. The van der Waals surface area contributed by atoms with Crippen molar-refractivity contribution in [2.75, 3.05) is 88.9 Å². The van der Waals surface area contributed by atoms with Crippen molar-refractivity contribution in [3.05, 3.63) is 129 Å². The molecule has 2 aromatic heterocycles. The van der Waals surface area contributed by atoms with E-state index >= 15 is 4.39 Å². The predicted octanol–water partition coefficient (Wildman–Crippen LogP) is 7.81. The number of anilines is 6. The fraction of sp³-hybridized carbons (Fsp3) is 0.280. The third-order valence-corrected chi connectivity index (χ3v) is 11.7. The summed E-state index contributed by atoms with van der Waals surface area (Å²) in [5.74, 6) is -7.14. The monoisotopic (exact) mass is 1030 g/mol. The van der Waals surface area contributed by atoms with E-state index in [1.54, 1.807) is 14.1 Å². The third-order valence-electron chi connectivity index (χ3n) is 11.7. The highest BCUT2D eigenvalue weighted by atomic mass is 19.2. The molecule has 24 heteroatoms. The van der Waals surface area contributed by atoms with E-state index in [4.69, 9.17) is 0 Å². The van der Waals surface area contributed by atoms with Gasteiger partial charge in [0.05, 0.1) is 30.0 Å².